The Morgan fingerprint density at radius 1 is 1.50 bits per heavy atom. The minimum Gasteiger partial charge on any atom is -0.496 e. The average Bonchev–Trinajstić information content (AvgIpc) is 2.96. The van der Waals surface area contributed by atoms with E-state index >= 15 is 0 Å². The van der Waals surface area contributed by atoms with E-state index < -0.39 is 0 Å². The summed E-state index contributed by atoms with van der Waals surface area (Å²) in [5, 5.41) is 0. The topological polar surface area (TPSA) is 35.2 Å². The quantitative estimate of drug-likeness (QED) is 0.793. The summed E-state index contributed by atoms with van der Waals surface area (Å²) in [6.07, 6.45) is 1.22. The molecular weight excluding hydrogens is 174 g/mol. The molecule has 1 fully saturated rings. The zero-order valence-electron chi connectivity index (χ0n) is 8.79. The molecule has 76 valence electrons. The summed E-state index contributed by atoms with van der Waals surface area (Å²) in [5.74, 6) is 2.33. The van der Waals surface area contributed by atoms with Crippen LogP contribution >= 0.6 is 0 Å². The smallest absolute Gasteiger partial charge is 0.122 e. The molecule has 1 aliphatic rings. The lowest BCUT2D eigenvalue weighted by molar-refractivity contribution is 0.408. The Kier molecular flexibility index (Phi) is 2.46. The third-order valence-corrected chi connectivity index (χ3v) is 3.10. The minimum absolute atomic E-state index is 0.635. The predicted molar refractivity (Wildman–Crippen MR) is 57.6 cm³/mol. The van der Waals surface area contributed by atoms with Gasteiger partial charge in [-0.05, 0) is 43.4 Å². The molecule has 1 saturated carbocycles. The molecule has 1 aromatic rings. The SMILES string of the molecule is COc1cccc(C)c1[C@@H]1C[C@H]1CN. The molecule has 0 bridgehead atoms. The molecule has 14 heavy (non-hydrogen) atoms. The highest BCUT2D eigenvalue weighted by molar-refractivity contribution is 5.45. The maximum absolute atomic E-state index is 5.66. The largest absolute Gasteiger partial charge is 0.496 e. The first-order chi connectivity index (χ1) is 6.77. The minimum atomic E-state index is 0.635. The van der Waals surface area contributed by atoms with Crippen molar-refractivity contribution in [1.29, 1.82) is 0 Å². The van der Waals surface area contributed by atoms with Gasteiger partial charge in [-0.25, -0.2) is 0 Å². The lowest BCUT2D eigenvalue weighted by Crippen LogP contribution is -2.03. The lowest BCUT2D eigenvalue weighted by atomic mass is 10.0. The first-order valence-corrected chi connectivity index (χ1v) is 5.11. The van der Waals surface area contributed by atoms with Gasteiger partial charge in [0, 0.05) is 5.56 Å². The van der Waals surface area contributed by atoms with Gasteiger partial charge in [-0.1, -0.05) is 12.1 Å². The molecule has 0 unspecified atom stereocenters. The van der Waals surface area contributed by atoms with E-state index in [2.05, 4.69) is 13.0 Å². The van der Waals surface area contributed by atoms with Gasteiger partial charge in [0.05, 0.1) is 7.11 Å². The van der Waals surface area contributed by atoms with Gasteiger partial charge < -0.3 is 10.5 Å². The summed E-state index contributed by atoms with van der Waals surface area (Å²) >= 11 is 0. The number of nitrogens with two attached hydrogens (primary N) is 1. The van der Waals surface area contributed by atoms with Crippen LogP contribution in [0.4, 0.5) is 0 Å². The van der Waals surface area contributed by atoms with Crippen molar-refractivity contribution in [3.05, 3.63) is 29.3 Å². The van der Waals surface area contributed by atoms with Gasteiger partial charge in [0.25, 0.3) is 0 Å². The van der Waals surface area contributed by atoms with Gasteiger partial charge in [-0.15, -0.1) is 0 Å². The highest BCUT2D eigenvalue weighted by Gasteiger charge is 2.39. The zero-order valence-corrected chi connectivity index (χ0v) is 8.79. The van der Waals surface area contributed by atoms with Crippen molar-refractivity contribution in [1.82, 2.24) is 0 Å². The summed E-state index contributed by atoms with van der Waals surface area (Å²) in [6, 6.07) is 6.22. The second-order valence-electron chi connectivity index (χ2n) is 4.03. The summed E-state index contributed by atoms with van der Waals surface area (Å²) < 4.78 is 5.38. The number of benzene rings is 1. The summed E-state index contributed by atoms with van der Waals surface area (Å²) in [6.45, 7) is 2.94. The van der Waals surface area contributed by atoms with Crippen LogP contribution in [-0.4, -0.2) is 13.7 Å². The molecule has 0 amide bonds. The first-order valence-electron chi connectivity index (χ1n) is 5.11. The number of rotatable bonds is 3. The Bertz CT molecular complexity index is 335. The highest BCUT2D eigenvalue weighted by atomic mass is 16.5. The predicted octanol–water partition coefficient (Wildman–Crippen LogP) is 2.07. The molecule has 0 aromatic heterocycles. The fourth-order valence-electron chi connectivity index (χ4n) is 2.17. The fourth-order valence-corrected chi connectivity index (χ4v) is 2.17. The molecule has 0 saturated heterocycles. The van der Waals surface area contributed by atoms with E-state index in [0.29, 0.717) is 11.8 Å². The number of hydrogen-bond acceptors (Lipinski definition) is 2. The van der Waals surface area contributed by atoms with Gasteiger partial charge in [0.1, 0.15) is 5.75 Å². The number of hydrogen-bond donors (Lipinski definition) is 1. The average molecular weight is 191 g/mol. The second kappa shape index (κ2) is 3.62. The first kappa shape index (κ1) is 9.53. The van der Waals surface area contributed by atoms with E-state index in [1.165, 1.54) is 17.5 Å². The van der Waals surface area contributed by atoms with Crippen molar-refractivity contribution in [3.8, 4) is 5.75 Å². The zero-order chi connectivity index (χ0) is 10.1. The summed E-state index contributed by atoms with van der Waals surface area (Å²) in [4.78, 5) is 0. The van der Waals surface area contributed by atoms with Crippen LogP contribution in [0.15, 0.2) is 18.2 Å². The molecule has 2 N–H and O–H groups in total. The molecule has 0 radical (unpaired) electrons. The van der Waals surface area contributed by atoms with E-state index in [1.807, 2.05) is 12.1 Å². The molecular formula is C12H17NO. The van der Waals surface area contributed by atoms with Gasteiger partial charge in [0.2, 0.25) is 0 Å². The van der Waals surface area contributed by atoms with E-state index in [1.54, 1.807) is 7.11 Å². The van der Waals surface area contributed by atoms with Crippen molar-refractivity contribution < 1.29 is 4.74 Å². The van der Waals surface area contributed by atoms with Gasteiger partial charge in [-0.2, -0.15) is 0 Å². The van der Waals surface area contributed by atoms with Crippen LogP contribution in [-0.2, 0) is 0 Å². The van der Waals surface area contributed by atoms with Crippen LogP contribution in [0.5, 0.6) is 5.75 Å². The molecule has 2 heteroatoms. The van der Waals surface area contributed by atoms with Crippen LogP contribution < -0.4 is 10.5 Å². The van der Waals surface area contributed by atoms with Crippen LogP contribution in [0.1, 0.15) is 23.5 Å². The van der Waals surface area contributed by atoms with E-state index in [0.717, 1.165) is 12.3 Å². The van der Waals surface area contributed by atoms with Gasteiger partial charge >= 0.3 is 0 Å². The van der Waals surface area contributed by atoms with Crippen LogP contribution in [0.2, 0.25) is 0 Å². The number of methoxy groups -OCH3 is 1. The molecule has 1 aliphatic carbocycles. The number of aryl methyl sites for hydroxylation is 1. The Morgan fingerprint density at radius 2 is 2.29 bits per heavy atom. The van der Waals surface area contributed by atoms with Crippen molar-refractivity contribution in [2.45, 2.75) is 19.3 Å². The molecule has 1 aromatic carbocycles. The van der Waals surface area contributed by atoms with E-state index in [9.17, 15) is 0 Å². The van der Waals surface area contributed by atoms with Crippen LogP contribution in [0.3, 0.4) is 0 Å². The lowest BCUT2D eigenvalue weighted by Gasteiger charge is -2.10. The molecule has 2 nitrogen and oxygen atoms in total. The fraction of sp³-hybridized carbons (Fsp3) is 0.500. The Hall–Kier alpha value is -1.02. The Labute approximate surface area is 85.1 Å². The summed E-state index contributed by atoms with van der Waals surface area (Å²) in [5.41, 5.74) is 8.35. The Balaban J connectivity index is 2.32. The van der Waals surface area contributed by atoms with Gasteiger partial charge in [-0.3, -0.25) is 0 Å². The van der Waals surface area contributed by atoms with Crippen molar-refractivity contribution in [3.63, 3.8) is 0 Å². The molecule has 0 heterocycles. The molecule has 0 aliphatic heterocycles. The second-order valence-corrected chi connectivity index (χ2v) is 4.03. The van der Waals surface area contributed by atoms with Crippen molar-refractivity contribution in [2.75, 3.05) is 13.7 Å². The van der Waals surface area contributed by atoms with Crippen LogP contribution in [0, 0.1) is 12.8 Å². The normalized spacial score (nSPS) is 24.8. The monoisotopic (exact) mass is 191 g/mol. The summed E-state index contributed by atoms with van der Waals surface area (Å²) in [7, 11) is 1.73. The molecule has 2 atom stereocenters. The maximum Gasteiger partial charge on any atom is 0.122 e. The number of ether oxygens (including phenoxy) is 1. The molecule has 0 spiro atoms. The van der Waals surface area contributed by atoms with Crippen molar-refractivity contribution >= 4 is 0 Å². The van der Waals surface area contributed by atoms with E-state index in [-0.39, 0.29) is 0 Å². The Morgan fingerprint density at radius 3 is 2.86 bits per heavy atom. The standard InChI is InChI=1S/C12H17NO/c1-8-4-3-5-11(14-2)12(8)10-6-9(10)7-13/h3-5,9-10H,6-7,13H2,1-2H3/t9-,10+/m0/s1. The highest BCUT2D eigenvalue weighted by Crippen LogP contribution is 2.50. The maximum atomic E-state index is 5.66. The third kappa shape index (κ3) is 1.50. The third-order valence-electron chi connectivity index (χ3n) is 3.10. The van der Waals surface area contributed by atoms with E-state index in [4.69, 9.17) is 10.5 Å². The van der Waals surface area contributed by atoms with Crippen molar-refractivity contribution in [2.24, 2.45) is 11.7 Å². The van der Waals surface area contributed by atoms with Gasteiger partial charge in [0.15, 0.2) is 0 Å². The van der Waals surface area contributed by atoms with Crippen LogP contribution in [0.25, 0.3) is 0 Å². The molecule has 2 rings (SSSR count).